The van der Waals surface area contributed by atoms with Crippen LogP contribution in [0.25, 0.3) is 0 Å². The predicted molar refractivity (Wildman–Crippen MR) is 83.4 cm³/mol. The van der Waals surface area contributed by atoms with E-state index in [4.69, 9.17) is 0 Å². The molecule has 0 bridgehead atoms. The molecule has 4 nitrogen and oxygen atoms in total. The van der Waals surface area contributed by atoms with Crippen molar-refractivity contribution in [3.05, 3.63) is 35.4 Å². The molecule has 1 saturated carbocycles. The van der Waals surface area contributed by atoms with Gasteiger partial charge in [-0.05, 0) is 57.9 Å². The van der Waals surface area contributed by atoms with Crippen LogP contribution in [0.4, 0.5) is 0 Å². The van der Waals surface area contributed by atoms with Crippen LogP contribution in [0.1, 0.15) is 67.2 Å². The minimum Gasteiger partial charge on any atom is -0.349 e. The number of benzene rings is 1. The predicted octanol–water partition coefficient (Wildman–Crippen LogP) is 2.89. The summed E-state index contributed by atoms with van der Waals surface area (Å²) in [5.74, 6) is -0.171. The summed E-state index contributed by atoms with van der Waals surface area (Å²) in [7, 11) is 0. The van der Waals surface area contributed by atoms with Crippen molar-refractivity contribution < 1.29 is 9.59 Å². The molecule has 0 spiro atoms. The molecule has 0 atom stereocenters. The number of hydrogen-bond donors (Lipinski definition) is 2. The summed E-state index contributed by atoms with van der Waals surface area (Å²) in [5.41, 5.74) is 0.909. The summed E-state index contributed by atoms with van der Waals surface area (Å²) in [6.45, 7) is 5.82. The third-order valence-corrected chi connectivity index (χ3v) is 3.59. The fraction of sp³-hybridized carbons (Fsp3) is 0.529. The zero-order chi connectivity index (χ0) is 15.5. The van der Waals surface area contributed by atoms with Crippen LogP contribution >= 0.6 is 0 Å². The van der Waals surface area contributed by atoms with E-state index < -0.39 is 0 Å². The summed E-state index contributed by atoms with van der Waals surface area (Å²) in [5, 5.41) is 5.95. The zero-order valence-electron chi connectivity index (χ0n) is 13.0. The summed E-state index contributed by atoms with van der Waals surface area (Å²) < 4.78 is 0. The first-order chi connectivity index (χ1) is 9.85. The molecule has 1 aromatic rings. The summed E-state index contributed by atoms with van der Waals surface area (Å²) in [6, 6.07) is 7.13. The van der Waals surface area contributed by atoms with Gasteiger partial charge in [-0.3, -0.25) is 9.59 Å². The number of carbonyl (C=O) groups is 2. The third kappa shape index (κ3) is 4.59. The second kappa shape index (κ2) is 6.29. The second-order valence-electron chi connectivity index (χ2n) is 6.74. The van der Waals surface area contributed by atoms with Crippen molar-refractivity contribution in [1.29, 1.82) is 0 Å². The number of rotatable bonds is 3. The normalized spacial score (nSPS) is 15.8. The molecule has 1 aliphatic rings. The van der Waals surface area contributed by atoms with E-state index in [-0.39, 0.29) is 17.4 Å². The lowest BCUT2D eigenvalue weighted by molar-refractivity contribution is 0.0913. The summed E-state index contributed by atoms with van der Waals surface area (Å²) in [6.07, 6.45) is 4.52. The number of carbonyl (C=O) groups excluding carboxylic acids is 2. The first-order valence-corrected chi connectivity index (χ1v) is 7.58. The molecule has 2 rings (SSSR count). The lowest BCUT2D eigenvalue weighted by Crippen LogP contribution is -2.40. The molecular formula is C17H24N2O2. The molecular weight excluding hydrogens is 264 g/mol. The van der Waals surface area contributed by atoms with Crippen LogP contribution in [0.15, 0.2) is 24.3 Å². The van der Waals surface area contributed by atoms with E-state index in [9.17, 15) is 9.59 Å². The Balaban J connectivity index is 1.97. The molecule has 4 heteroatoms. The van der Waals surface area contributed by atoms with Crippen LogP contribution in [-0.2, 0) is 0 Å². The molecule has 21 heavy (non-hydrogen) atoms. The lowest BCUT2D eigenvalue weighted by atomic mass is 10.1. The molecule has 0 radical (unpaired) electrons. The Morgan fingerprint density at radius 3 is 1.90 bits per heavy atom. The standard InChI is InChI=1S/C17H24N2O2/c1-17(2,3)19-16(21)13-10-8-12(9-11-13)15(20)18-14-6-4-5-7-14/h8-11,14H,4-7H2,1-3H3,(H,18,20)(H,19,21). The van der Waals surface area contributed by atoms with Crippen LogP contribution in [-0.4, -0.2) is 23.4 Å². The van der Waals surface area contributed by atoms with Gasteiger partial charge in [0.25, 0.3) is 11.8 Å². The highest BCUT2D eigenvalue weighted by molar-refractivity contribution is 5.98. The Morgan fingerprint density at radius 2 is 1.43 bits per heavy atom. The van der Waals surface area contributed by atoms with E-state index in [0.717, 1.165) is 12.8 Å². The van der Waals surface area contributed by atoms with Crippen molar-refractivity contribution in [3.8, 4) is 0 Å². The molecule has 2 N–H and O–H groups in total. The van der Waals surface area contributed by atoms with Gasteiger partial charge in [0.15, 0.2) is 0 Å². The van der Waals surface area contributed by atoms with E-state index in [1.54, 1.807) is 24.3 Å². The Kier molecular flexibility index (Phi) is 4.66. The zero-order valence-corrected chi connectivity index (χ0v) is 13.0. The van der Waals surface area contributed by atoms with Gasteiger partial charge >= 0.3 is 0 Å². The molecule has 114 valence electrons. The SMILES string of the molecule is CC(C)(C)NC(=O)c1ccc(C(=O)NC2CCCC2)cc1. The fourth-order valence-corrected chi connectivity index (χ4v) is 2.52. The van der Waals surface area contributed by atoms with Crippen LogP contribution in [0.3, 0.4) is 0 Å². The Labute approximate surface area is 126 Å². The molecule has 0 heterocycles. The van der Waals surface area contributed by atoms with E-state index in [0.29, 0.717) is 17.2 Å². The van der Waals surface area contributed by atoms with E-state index >= 15 is 0 Å². The van der Waals surface area contributed by atoms with Gasteiger partial charge in [0.05, 0.1) is 0 Å². The second-order valence-corrected chi connectivity index (χ2v) is 6.74. The molecule has 1 fully saturated rings. The van der Waals surface area contributed by atoms with Crippen molar-refractivity contribution in [2.45, 2.75) is 58.0 Å². The highest BCUT2D eigenvalue weighted by Crippen LogP contribution is 2.18. The van der Waals surface area contributed by atoms with Crippen LogP contribution < -0.4 is 10.6 Å². The van der Waals surface area contributed by atoms with E-state index in [1.807, 2.05) is 20.8 Å². The Hall–Kier alpha value is -1.84. The largest absolute Gasteiger partial charge is 0.349 e. The van der Waals surface area contributed by atoms with Gasteiger partial charge in [-0.2, -0.15) is 0 Å². The Morgan fingerprint density at radius 1 is 0.952 bits per heavy atom. The number of hydrogen-bond acceptors (Lipinski definition) is 2. The number of amides is 2. The van der Waals surface area contributed by atoms with Crippen molar-refractivity contribution in [3.63, 3.8) is 0 Å². The monoisotopic (exact) mass is 288 g/mol. The van der Waals surface area contributed by atoms with Gasteiger partial charge in [0.2, 0.25) is 0 Å². The smallest absolute Gasteiger partial charge is 0.251 e. The Bertz CT molecular complexity index is 509. The summed E-state index contributed by atoms with van der Waals surface area (Å²) >= 11 is 0. The maximum absolute atomic E-state index is 12.1. The highest BCUT2D eigenvalue weighted by Gasteiger charge is 2.19. The quantitative estimate of drug-likeness (QED) is 0.898. The highest BCUT2D eigenvalue weighted by atomic mass is 16.2. The van der Waals surface area contributed by atoms with Crippen LogP contribution in [0.2, 0.25) is 0 Å². The minimum atomic E-state index is -0.268. The molecule has 1 aliphatic carbocycles. The van der Waals surface area contributed by atoms with Crippen molar-refractivity contribution >= 4 is 11.8 Å². The van der Waals surface area contributed by atoms with Gasteiger partial charge in [0.1, 0.15) is 0 Å². The summed E-state index contributed by atoms with van der Waals surface area (Å²) in [4.78, 5) is 24.1. The lowest BCUT2D eigenvalue weighted by Gasteiger charge is -2.20. The molecule has 2 amide bonds. The van der Waals surface area contributed by atoms with Gasteiger partial charge < -0.3 is 10.6 Å². The topological polar surface area (TPSA) is 58.2 Å². The van der Waals surface area contributed by atoms with Crippen molar-refractivity contribution in [2.75, 3.05) is 0 Å². The maximum atomic E-state index is 12.1. The molecule has 0 aromatic heterocycles. The molecule has 1 aromatic carbocycles. The number of nitrogens with one attached hydrogen (secondary N) is 2. The van der Waals surface area contributed by atoms with Gasteiger partial charge in [-0.1, -0.05) is 12.8 Å². The minimum absolute atomic E-state index is 0.0512. The average molecular weight is 288 g/mol. The molecule has 0 unspecified atom stereocenters. The molecule has 0 saturated heterocycles. The maximum Gasteiger partial charge on any atom is 0.251 e. The van der Waals surface area contributed by atoms with Gasteiger partial charge in [-0.25, -0.2) is 0 Å². The van der Waals surface area contributed by atoms with Gasteiger partial charge in [0, 0.05) is 22.7 Å². The van der Waals surface area contributed by atoms with Gasteiger partial charge in [-0.15, -0.1) is 0 Å². The van der Waals surface area contributed by atoms with Crippen LogP contribution in [0.5, 0.6) is 0 Å². The van der Waals surface area contributed by atoms with E-state index in [2.05, 4.69) is 10.6 Å². The first kappa shape index (κ1) is 15.5. The van der Waals surface area contributed by atoms with Crippen molar-refractivity contribution in [2.24, 2.45) is 0 Å². The molecule has 0 aliphatic heterocycles. The van der Waals surface area contributed by atoms with E-state index in [1.165, 1.54) is 12.8 Å². The first-order valence-electron chi connectivity index (χ1n) is 7.58. The average Bonchev–Trinajstić information content (AvgIpc) is 2.90. The van der Waals surface area contributed by atoms with Crippen molar-refractivity contribution in [1.82, 2.24) is 10.6 Å². The third-order valence-electron chi connectivity index (χ3n) is 3.59. The fourth-order valence-electron chi connectivity index (χ4n) is 2.52. The van der Waals surface area contributed by atoms with Crippen LogP contribution in [0, 0.1) is 0 Å².